The van der Waals surface area contributed by atoms with Crippen LogP contribution in [-0.4, -0.2) is 67.1 Å². The van der Waals surface area contributed by atoms with Gasteiger partial charge in [0, 0.05) is 38.4 Å². The fourth-order valence-corrected chi connectivity index (χ4v) is 4.76. The van der Waals surface area contributed by atoms with Crippen molar-refractivity contribution in [3.05, 3.63) is 65.0 Å². The summed E-state index contributed by atoms with van der Waals surface area (Å²) in [7, 11) is 3.01. The molecular weight excluding hydrogens is 483 g/mol. The third-order valence-electron chi connectivity index (χ3n) is 6.66. The Kier molecular flexibility index (Phi) is 7.44. The Labute approximate surface area is 213 Å². The van der Waals surface area contributed by atoms with Gasteiger partial charge >= 0.3 is 12.1 Å². The monoisotopic (exact) mass is 512 g/mol. The van der Waals surface area contributed by atoms with Gasteiger partial charge in [0.25, 0.3) is 5.91 Å². The van der Waals surface area contributed by atoms with Crippen LogP contribution >= 0.6 is 0 Å². The molecule has 2 atom stereocenters. The number of rotatable bonds is 8. The van der Waals surface area contributed by atoms with E-state index in [0.717, 1.165) is 10.5 Å². The van der Waals surface area contributed by atoms with Crippen molar-refractivity contribution in [3.63, 3.8) is 0 Å². The Morgan fingerprint density at radius 3 is 2.62 bits per heavy atom. The van der Waals surface area contributed by atoms with Crippen molar-refractivity contribution in [1.82, 2.24) is 15.1 Å². The molecule has 0 saturated carbocycles. The minimum absolute atomic E-state index is 0.149. The second kappa shape index (κ2) is 10.6. The average molecular weight is 513 g/mol. The Balaban J connectivity index is 1.53. The van der Waals surface area contributed by atoms with E-state index in [0.29, 0.717) is 23.2 Å². The SMILES string of the molecule is CNC(=O)Nc1ccc2c(c1)CCC21OC(=O)N(CC(=O)N(Cc2ccc(F)cc2)[C@@H](C)COC)C1=O. The van der Waals surface area contributed by atoms with Crippen LogP contribution in [0.5, 0.6) is 0 Å². The van der Waals surface area contributed by atoms with Gasteiger partial charge in [0.15, 0.2) is 0 Å². The van der Waals surface area contributed by atoms with Crippen molar-refractivity contribution in [2.75, 3.05) is 32.6 Å². The number of urea groups is 1. The maximum absolute atomic E-state index is 13.5. The summed E-state index contributed by atoms with van der Waals surface area (Å²) < 4.78 is 24.2. The van der Waals surface area contributed by atoms with Crippen LogP contribution in [0.4, 0.5) is 19.7 Å². The lowest BCUT2D eigenvalue weighted by molar-refractivity contribution is -0.143. The molecular formula is C26H29FN4O6. The number of halogens is 1. The molecule has 11 heteroatoms. The number of amides is 5. The van der Waals surface area contributed by atoms with Crippen LogP contribution in [0.1, 0.15) is 30.0 Å². The molecule has 1 aliphatic heterocycles. The van der Waals surface area contributed by atoms with Crippen LogP contribution in [0.3, 0.4) is 0 Å². The predicted octanol–water partition coefficient (Wildman–Crippen LogP) is 2.76. The van der Waals surface area contributed by atoms with Gasteiger partial charge in [-0.25, -0.2) is 18.9 Å². The molecule has 2 aromatic rings. The zero-order valence-electron chi connectivity index (χ0n) is 20.9. The number of carbonyl (C=O) groups is 4. The van der Waals surface area contributed by atoms with Gasteiger partial charge in [0.1, 0.15) is 12.4 Å². The lowest BCUT2D eigenvalue weighted by Crippen LogP contribution is -2.48. The van der Waals surface area contributed by atoms with E-state index < -0.39 is 35.9 Å². The van der Waals surface area contributed by atoms with Crippen LogP contribution in [0.2, 0.25) is 0 Å². The smallest absolute Gasteiger partial charge is 0.418 e. The number of fused-ring (bicyclic) bond motifs is 2. The highest BCUT2D eigenvalue weighted by molar-refractivity contribution is 6.06. The Bertz CT molecular complexity index is 1220. The van der Waals surface area contributed by atoms with E-state index >= 15 is 0 Å². The Morgan fingerprint density at radius 1 is 1.22 bits per heavy atom. The lowest BCUT2D eigenvalue weighted by atomic mass is 9.94. The van der Waals surface area contributed by atoms with Gasteiger partial charge in [-0.15, -0.1) is 0 Å². The van der Waals surface area contributed by atoms with E-state index in [1.54, 1.807) is 37.3 Å². The number of anilines is 1. The van der Waals surface area contributed by atoms with Gasteiger partial charge in [0.2, 0.25) is 11.5 Å². The summed E-state index contributed by atoms with van der Waals surface area (Å²) in [5.74, 6) is -1.46. The first-order chi connectivity index (χ1) is 17.7. The number of aryl methyl sites for hydroxylation is 1. The topological polar surface area (TPSA) is 117 Å². The van der Waals surface area contributed by atoms with E-state index in [1.807, 2.05) is 0 Å². The normalized spacial score (nSPS) is 19.0. The number of nitrogens with zero attached hydrogens (tertiary/aromatic N) is 2. The number of hydrogen-bond donors (Lipinski definition) is 2. The van der Waals surface area contributed by atoms with Crippen LogP contribution < -0.4 is 10.6 Å². The molecule has 1 spiro atoms. The highest BCUT2D eigenvalue weighted by atomic mass is 19.1. The molecule has 1 aliphatic carbocycles. The molecule has 0 radical (unpaired) electrons. The first kappa shape index (κ1) is 26.1. The molecule has 2 N–H and O–H groups in total. The molecule has 10 nitrogen and oxygen atoms in total. The lowest BCUT2D eigenvalue weighted by Gasteiger charge is -2.30. The van der Waals surface area contributed by atoms with Crippen molar-refractivity contribution in [3.8, 4) is 0 Å². The van der Waals surface area contributed by atoms with Gasteiger partial charge in [0.05, 0.1) is 12.6 Å². The second-order valence-corrected chi connectivity index (χ2v) is 9.11. The zero-order valence-corrected chi connectivity index (χ0v) is 20.9. The predicted molar refractivity (Wildman–Crippen MR) is 131 cm³/mol. The number of hydrogen-bond acceptors (Lipinski definition) is 6. The maximum atomic E-state index is 13.5. The number of carbonyl (C=O) groups excluding carboxylic acids is 4. The third kappa shape index (κ3) is 5.12. The first-order valence-electron chi connectivity index (χ1n) is 11.9. The highest BCUT2D eigenvalue weighted by Gasteiger charge is 2.58. The molecule has 196 valence electrons. The fourth-order valence-electron chi connectivity index (χ4n) is 4.76. The number of nitrogens with one attached hydrogen (secondary N) is 2. The summed E-state index contributed by atoms with van der Waals surface area (Å²) in [5.41, 5.74) is 1.05. The minimum Gasteiger partial charge on any atom is -0.427 e. The fraction of sp³-hybridized carbons (Fsp3) is 0.385. The molecule has 0 aromatic heterocycles. The summed E-state index contributed by atoms with van der Waals surface area (Å²) in [5, 5.41) is 5.15. The van der Waals surface area contributed by atoms with Crippen LogP contribution in [-0.2, 0) is 37.6 Å². The molecule has 2 aliphatic rings. The van der Waals surface area contributed by atoms with Crippen molar-refractivity contribution < 1.29 is 33.0 Å². The molecule has 1 unspecified atom stereocenters. The van der Waals surface area contributed by atoms with Gasteiger partial charge < -0.3 is 25.0 Å². The molecule has 37 heavy (non-hydrogen) atoms. The number of imide groups is 1. The number of methoxy groups -OCH3 is 1. The van der Waals surface area contributed by atoms with E-state index in [1.165, 1.54) is 31.2 Å². The second-order valence-electron chi connectivity index (χ2n) is 9.11. The van der Waals surface area contributed by atoms with Crippen molar-refractivity contribution >= 4 is 29.6 Å². The maximum Gasteiger partial charge on any atom is 0.418 e. The van der Waals surface area contributed by atoms with Crippen LogP contribution in [0.15, 0.2) is 42.5 Å². The molecule has 2 aromatic carbocycles. The van der Waals surface area contributed by atoms with Gasteiger partial charge in [-0.05, 0) is 48.7 Å². The summed E-state index contributed by atoms with van der Waals surface area (Å²) in [6, 6.07) is 10.0. The average Bonchev–Trinajstić information content (AvgIpc) is 3.35. The zero-order chi connectivity index (χ0) is 26.7. The van der Waals surface area contributed by atoms with Gasteiger partial charge in [-0.1, -0.05) is 18.2 Å². The van der Waals surface area contributed by atoms with Crippen molar-refractivity contribution in [2.24, 2.45) is 0 Å². The van der Waals surface area contributed by atoms with Crippen LogP contribution in [0, 0.1) is 5.82 Å². The molecule has 0 bridgehead atoms. The van der Waals surface area contributed by atoms with Crippen molar-refractivity contribution in [1.29, 1.82) is 0 Å². The quantitative estimate of drug-likeness (QED) is 0.562. The van der Waals surface area contributed by atoms with Gasteiger partial charge in [-0.3, -0.25) is 9.59 Å². The number of benzene rings is 2. The summed E-state index contributed by atoms with van der Waals surface area (Å²) in [6.45, 7) is 1.67. The Hall–Kier alpha value is -3.99. The number of ether oxygens (including phenoxy) is 2. The molecule has 5 amide bonds. The highest BCUT2D eigenvalue weighted by Crippen LogP contribution is 2.46. The summed E-state index contributed by atoms with van der Waals surface area (Å²) in [6.07, 6.45) is -0.193. The first-order valence-corrected chi connectivity index (χ1v) is 11.9. The third-order valence-corrected chi connectivity index (χ3v) is 6.66. The van der Waals surface area contributed by atoms with E-state index in [-0.39, 0.29) is 31.6 Å². The minimum atomic E-state index is -1.50. The van der Waals surface area contributed by atoms with Gasteiger partial charge in [-0.2, -0.15) is 0 Å². The summed E-state index contributed by atoms with van der Waals surface area (Å²) in [4.78, 5) is 53.7. The van der Waals surface area contributed by atoms with E-state index in [4.69, 9.17) is 9.47 Å². The molecule has 1 heterocycles. The van der Waals surface area contributed by atoms with Crippen molar-refractivity contribution in [2.45, 2.75) is 38.0 Å². The summed E-state index contributed by atoms with van der Waals surface area (Å²) >= 11 is 0. The van der Waals surface area contributed by atoms with E-state index in [9.17, 15) is 23.6 Å². The van der Waals surface area contributed by atoms with E-state index in [2.05, 4.69) is 10.6 Å². The molecule has 1 saturated heterocycles. The largest absolute Gasteiger partial charge is 0.427 e. The molecule has 4 rings (SSSR count). The Morgan fingerprint density at radius 2 is 1.95 bits per heavy atom. The standard InChI is InChI=1S/C26H29FN4O6/c1-16(15-36-3)30(13-17-4-6-19(27)7-5-17)22(32)14-31-23(33)26(37-25(31)35)11-10-18-12-20(8-9-21(18)26)29-24(34)28-2/h4-9,12,16H,10-11,13-15H2,1-3H3,(H2,28,29,34)/t16-,26?/m0/s1. The van der Waals surface area contributed by atoms with Crippen LogP contribution in [0.25, 0.3) is 0 Å². The molecule has 1 fully saturated rings.